The molecule has 3 nitrogen and oxygen atoms in total. The van der Waals surface area contributed by atoms with Crippen LogP contribution in [0.25, 0.3) is 0 Å². The van der Waals surface area contributed by atoms with E-state index in [4.69, 9.17) is 0 Å². The van der Waals surface area contributed by atoms with E-state index >= 15 is 0 Å². The lowest BCUT2D eigenvalue weighted by Crippen LogP contribution is -2.33. The molecule has 1 aliphatic rings. The Morgan fingerprint density at radius 1 is 1.37 bits per heavy atom. The van der Waals surface area contributed by atoms with Crippen LogP contribution >= 0.6 is 27.3 Å². The molecule has 0 saturated carbocycles. The number of hydrogen-bond donors (Lipinski definition) is 1. The van der Waals surface area contributed by atoms with Crippen LogP contribution in [0.5, 0.6) is 0 Å². The van der Waals surface area contributed by atoms with Crippen LogP contribution in [0.4, 0.5) is 5.82 Å². The third-order valence-corrected chi connectivity index (χ3v) is 4.84. The monoisotopic (exact) mass is 337 g/mol. The van der Waals surface area contributed by atoms with Gasteiger partial charge in [0.2, 0.25) is 0 Å². The van der Waals surface area contributed by atoms with Gasteiger partial charge in [-0.1, -0.05) is 0 Å². The summed E-state index contributed by atoms with van der Waals surface area (Å²) >= 11 is 5.28. The SMILES string of the molecule is Brc1ccc(NCCN2CCc3sccc3C2)nc1. The Labute approximate surface area is 125 Å². The van der Waals surface area contributed by atoms with Crippen LogP contribution in [0.1, 0.15) is 10.4 Å². The average molecular weight is 338 g/mol. The van der Waals surface area contributed by atoms with Crippen LogP contribution < -0.4 is 5.32 Å². The second-order valence-electron chi connectivity index (χ2n) is 4.68. The number of nitrogens with one attached hydrogen (secondary N) is 1. The molecule has 0 saturated heterocycles. The topological polar surface area (TPSA) is 28.2 Å². The Bertz CT molecular complexity index is 538. The number of halogens is 1. The lowest BCUT2D eigenvalue weighted by atomic mass is 10.1. The second kappa shape index (κ2) is 6.03. The molecule has 0 aromatic carbocycles. The van der Waals surface area contributed by atoms with Crippen molar-refractivity contribution in [1.29, 1.82) is 0 Å². The van der Waals surface area contributed by atoms with E-state index in [1.54, 1.807) is 4.88 Å². The third-order valence-electron chi connectivity index (χ3n) is 3.35. The number of fused-ring (bicyclic) bond motifs is 1. The first-order chi connectivity index (χ1) is 9.31. The zero-order valence-corrected chi connectivity index (χ0v) is 13.0. The first-order valence-electron chi connectivity index (χ1n) is 6.44. The van der Waals surface area contributed by atoms with Crippen LogP contribution in [-0.2, 0) is 13.0 Å². The normalized spacial score (nSPS) is 15.2. The number of hydrogen-bond acceptors (Lipinski definition) is 4. The number of anilines is 1. The van der Waals surface area contributed by atoms with Gasteiger partial charge in [0.05, 0.1) is 0 Å². The summed E-state index contributed by atoms with van der Waals surface area (Å²) < 4.78 is 1.01. The summed E-state index contributed by atoms with van der Waals surface area (Å²) in [6, 6.07) is 6.26. The number of aromatic nitrogens is 1. The highest BCUT2D eigenvalue weighted by molar-refractivity contribution is 9.10. The van der Waals surface area contributed by atoms with Gasteiger partial charge in [0.15, 0.2) is 0 Å². The maximum Gasteiger partial charge on any atom is 0.126 e. The molecule has 0 radical (unpaired) electrons. The molecule has 2 aromatic rings. The van der Waals surface area contributed by atoms with Gasteiger partial charge in [-0.3, -0.25) is 4.90 Å². The minimum absolute atomic E-state index is 0.939. The van der Waals surface area contributed by atoms with Gasteiger partial charge in [0.1, 0.15) is 5.82 Å². The highest BCUT2D eigenvalue weighted by Gasteiger charge is 2.16. The fourth-order valence-corrected chi connectivity index (χ4v) is 3.44. The Balaban J connectivity index is 1.47. The van der Waals surface area contributed by atoms with Gasteiger partial charge in [-0.2, -0.15) is 0 Å². The predicted octanol–water partition coefficient (Wildman–Crippen LogP) is 3.38. The minimum atomic E-state index is 0.939. The van der Waals surface area contributed by atoms with E-state index in [1.165, 1.54) is 18.5 Å². The molecule has 19 heavy (non-hydrogen) atoms. The Morgan fingerprint density at radius 3 is 3.16 bits per heavy atom. The second-order valence-corrected chi connectivity index (χ2v) is 6.60. The molecule has 0 fully saturated rings. The predicted molar refractivity (Wildman–Crippen MR) is 83.7 cm³/mol. The summed E-state index contributed by atoms with van der Waals surface area (Å²) in [5.74, 6) is 0.941. The van der Waals surface area contributed by atoms with Crippen molar-refractivity contribution in [3.63, 3.8) is 0 Å². The summed E-state index contributed by atoms with van der Waals surface area (Å²) in [4.78, 5) is 8.38. The highest BCUT2D eigenvalue weighted by Crippen LogP contribution is 2.23. The van der Waals surface area contributed by atoms with Crippen LogP contribution in [0.15, 0.2) is 34.2 Å². The van der Waals surface area contributed by atoms with Crippen LogP contribution in [0.2, 0.25) is 0 Å². The smallest absolute Gasteiger partial charge is 0.126 e. The molecule has 0 unspecified atom stereocenters. The molecule has 100 valence electrons. The average Bonchev–Trinajstić information content (AvgIpc) is 2.88. The molecule has 0 bridgehead atoms. The van der Waals surface area contributed by atoms with Gasteiger partial charge >= 0.3 is 0 Å². The molecular formula is C14H16BrN3S. The van der Waals surface area contributed by atoms with Gasteiger partial charge in [-0.25, -0.2) is 4.98 Å². The largest absolute Gasteiger partial charge is 0.369 e. The Hall–Kier alpha value is -0.910. The molecule has 1 aliphatic heterocycles. The van der Waals surface area contributed by atoms with E-state index in [1.807, 2.05) is 29.7 Å². The quantitative estimate of drug-likeness (QED) is 0.926. The summed E-state index contributed by atoms with van der Waals surface area (Å²) in [7, 11) is 0. The van der Waals surface area contributed by atoms with Crippen LogP contribution in [0.3, 0.4) is 0 Å². The molecule has 1 N–H and O–H groups in total. The molecule has 2 aromatic heterocycles. The maximum absolute atomic E-state index is 4.31. The van der Waals surface area contributed by atoms with Crippen LogP contribution in [-0.4, -0.2) is 29.5 Å². The first kappa shape index (κ1) is 13.1. The van der Waals surface area contributed by atoms with E-state index in [9.17, 15) is 0 Å². The molecule has 0 aliphatic carbocycles. The van der Waals surface area contributed by atoms with Gasteiger partial charge in [-0.05, 0) is 51.5 Å². The molecule has 0 amide bonds. The van der Waals surface area contributed by atoms with E-state index in [0.717, 1.165) is 29.9 Å². The van der Waals surface area contributed by atoms with Gasteiger partial charge < -0.3 is 5.32 Å². The van der Waals surface area contributed by atoms with Crippen molar-refractivity contribution in [2.45, 2.75) is 13.0 Å². The minimum Gasteiger partial charge on any atom is -0.369 e. The molecule has 3 heterocycles. The molecule has 0 spiro atoms. The van der Waals surface area contributed by atoms with Gasteiger partial charge in [-0.15, -0.1) is 11.3 Å². The van der Waals surface area contributed by atoms with Crippen molar-refractivity contribution in [2.24, 2.45) is 0 Å². The van der Waals surface area contributed by atoms with Crippen molar-refractivity contribution in [1.82, 2.24) is 9.88 Å². The summed E-state index contributed by atoms with van der Waals surface area (Å²) in [6.07, 6.45) is 3.02. The zero-order valence-electron chi connectivity index (χ0n) is 10.6. The molecule has 0 atom stereocenters. The lowest BCUT2D eigenvalue weighted by molar-refractivity contribution is 0.266. The van der Waals surface area contributed by atoms with Crippen molar-refractivity contribution in [3.8, 4) is 0 Å². The standard InChI is InChI=1S/C14H16BrN3S/c15-12-1-2-14(17-9-12)16-5-7-18-6-3-13-11(10-18)4-8-19-13/h1-2,4,8-9H,3,5-7,10H2,(H,16,17). The number of pyridine rings is 1. The van der Waals surface area contributed by atoms with E-state index in [2.05, 4.69) is 42.6 Å². The van der Waals surface area contributed by atoms with Gasteiger partial charge in [0.25, 0.3) is 0 Å². The number of rotatable bonds is 4. The molecule has 3 rings (SSSR count). The van der Waals surface area contributed by atoms with Crippen LogP contribution in [0, 0.1) is 0 Å². The van der Waals surface area contributed by atoms with Crippen molar-refractivity contribution in [2.75, 3.05) is 25.0 Å². The fourth-order valence-electron chi connectivity index (χ4n) is 2.32. The third kappa shape index (κ3) is 3.35. The summed E-state index contributed by atoms with van der Waals surface area (Å²) in [5.41, 5.74) is 1.51. The first-order valence-corrected chi connectivity index (χ1v) is 8.11. The van der Waals surface area contributed by atoms with E-state index in [-0.39, 0.29) is 0 Å². The van der Waals surface area contributed by atoms with Crippen molar-refractivity contribution < 1.29 is 0 Å². The summed E-state index contributed by atoms with van der Waals surface area (Å²) in [6.45, 7) is 4.26. The Morgan fingerprint density at radius 2 is 2.32 bits per heavy atom. The van der Waals surface area contributed by atoms with Crippen molar-refractivity contribution >= 4 is 33.1 Å². The lowest BCUT2D eigenvalue weighted by Gasteiger charge is -2.26. The molecule has 5 heteroatoms. The fraction of sp³-hybridized carbons (Fsp3) is 0.357. The van der Waals surface area contributed by atoms with E-state index < -0.39 is 0 Å². The van der Waals surface area contributed by atoms with Crippen molar-refractivity contribution in [3.05, 3.63) is 44.7 Å². The molecular weight excluding hydrogens is 322 g/mol. The van der Waals surface area contributed by atoms with Gasteiger partial charge in [0, 0.05) is 41.7 Å². The number of thiophene rings is 1. The maximum atomic E-state index is 4.31. The Kier molecular flexibility index (Phi) is 4.15. The zero-order chi connectivity index (χ0) is 13.1. The highest BCUT2D eigenvalue weighted by atomic mass is 79.9. The number of nitrogens with zero attached hydrogens (tertiary/aromatic N) is 2. The van der Waals surface area contributed by atoms with E-state index in [0.29, 0.717) is 0 Å². The summed E-state index contributed by atoms with van der Waals surface area (Å²) in [5, 5.41) is 5.57.